The Morgan fingerprint density at radius 1 is 0.791 bits per heavy atom. The van der Waals surface area contributed by atoms with Crippen LogP contribution in [0, 0.1) is 6.92 Å². The molecular weight excluding hydrogens is 574 g/mol. The molecule has 0 fully saturated rings. The SMILES string of the molecule is CCCOc1cc(OCCCOC)cc(Oc2cc3c(cc2NS(=O)(=O)c2ccc(OCC)c(C)c2)n(C)c(=O)n3C)c1. The van der Waals surface area contributed by atoms with Gasteiger partial charge in [-0.1, -0.05) is 6.92 Å². The highest BCUT2D eigenvalue weighted by Gasteiger charge is 2.21. The van der Waals surface area contributed by atoms with E-state index in [1.807, 2.05) is 13.8 Å². The monoisotopic (exact) mass is 613 g/mol. The Morgan fingerprint density at radius 3 is 2.07 bits per heavy atom. The first-order chi connectivity index (χ1) is 20.6. The summed E-state index contributed by atoms with van der Waals surface area (Å²) in [5, 5.41) is 0. The van der Waals surface area contributed by atoms with Gasteiger partial charge in [0.2, 0.25) is 0 Å². The van der Waals surface area contributed by atoms with Gasteiger partial charge in [-0.05, 0) is 50.1 Å². The van der Waals surface area contributed by atoms with Crippen molar-refractivity contribution in [2.24, 2.45) is 14.1 Å². The normalized spacial score (nSPS) is 11.5. The van der Waals surface area contributed by atoms with Gasteiger partial charge in [0.25, 0.3) is 10.0 Å². The molecule has 0 spiro atoms. The number of hydrogen-bond donors (Lipinski definition) is 1. The fourth-order valence-corrected chi connectivity index (χ4v) is 5.66. The van der Waals surface area contributed by atoms with Crippen molar-refractivity contribution in [3.05, 3.63) is 64.6 Å². The Labute approximate surface area is 251 Å². The van der Waals surface area contributed by atoms with Gasteiger partial charge < -0.3 is 23.7 Å². The molecule has 1 heterocycles. The highest BCUT2D eigenvalue weighted by Crippen LogP contribution is 2.38. The number of imidazole rings is 1. The Balaban J connectivity index is 1.77. The number of anilines is 1. The lowest BCUT2D eigenvalue weighted by Crippen LogP contribution is -2.19. The molecule has 4 aromatic rings. The van der Waals surface area contributed by atoms with Gasteiger partial charge in [-0.3, -0.25) is 13.9 Å². The number of benzene rings is 3. The number of fused-ring (bicyclic) bond motifs is 1. The minimum Gasteiger partial charge on any atom is -0.494 e. The molecule has 1 N–H and O–H groups in total. The van der Waals surface area contributed by atoms with Crippen LogP contribution >= 0.6 is 0 Å². The molecule has 0 bridgehead atoms. The quantitative estimate of drug-likeness (QED) is 0.178. The van der Waals surface area contributed by atoms with Crippen molar-refractivity contribution in [2.75, 3.05) is 38.3 Å². The van der Waals surface area contributed by atoms with Gasteiger partial charge in [0.05, 0.1) is 41.4 Å². The lowest BCUT2D eigenvalue weighted by Gasteiger charge is -2.17. The van der Waals surface area contributed by atoms with E-state index in [1.54, 1.807) is 70.6 Å². The van der Waals surface area contributed by atoms with Crippen LogP contribution in [0.1, 0.15) is 32.3 Å². The van der Waals surface area contributed by atoms with E-state index in [4.69, 9.17) is 23.7 Å². The van der Waals surface area contributed by atoms with E-state index >= 15 is 0 Å². The highest BCUT2D eigenvalue weighted by atomic mass is 32.2. The zero-order valence-electron chi connectivity index (χ0n) is 25.4. The van der Waals surface area contributed by atoms with E-state index in [0.717, 1.165) is 6.42 Å². The van der Waals surface area contributed by atoms with Crippen molar-refractivity contribution in [1.82, 2.24) is 9.13 Å². The molecule has 0 saturated heterocycles. The van der Waals surface area contributed by atoms with Crippen LogP contribution in [0.5, 0.6) is 28.7 Å². The summed E-state index contributed by atoms with van der Waals surface area (Å²) in [5.41, 5.74) is 1.68. The van der Waals surface area contributed by atoms with Crippen molar-refractivity contribution in [1.29, 1.82) is 0 Å². The summed E-state index contributed by atoms with van der Waals surface area (Å²) in [7, 11) is 0.849. The molecule has 1 aromatic heterocycles. The number of methoxy groups -OCH3 is 1. The van der Waals surface area contributed by atoms with Crippen molar-refractivity contribution >= 4 is 26.7 Å². The molecule has 3 aromatic carbocycles. The maximum absolute atomic E-state index is 13.6. The average molecular weight is 614 g/mol. The molecule has 11 nitrogen and oxygen atoms in total. The molecule has 43 heavy (non-hydrogen) atoms. The number of rotatable bonds is 15. The second-order valence-electron chi connectivity index (χ2n) is 9.99. The molecular formula is C31H39N3O8S. The zero-order chi connectivity index (χ0) is 31.1. The Morgan fingerprint density at radius 2 is 1.44 bits per heavy atom. The van der Waals surface area contributed by atoms with Gasteiger partial charge >= 0.3 is 5.69 Å². The fourth-order valence-electron chi connectivity index (χ4n) is 4.51. The summed E-state index contributed by atoms with van der Waals surface area (Å²) in [5.74, 6) is 2.24. The highest BCUT2D eigenvalue weighted by molar-refractivity contribution is 7.92. The summed E-state index contributed by atoms with van der Waals surface area (Å²) in [6.45, 7) is 7.60. The summed E-state index contributed by atoms with van der Waals surface area (Å²) in [4.78, 5) is 12.8. The first-order valence-electron chi connectivity index (χ1n) is 14.1. The lowest BCUT2D eigenvalue weighted by molar-refractivity contribution is 0.172. The standard InChI is InChI=1S/C31H39N3O8S/c1-7-12-40-22-16-23(41-14-9-13-38-6)18-24(17-22)42-30-20-28-27(33(4)31(35)34(28)5)19-26(30)32-43(36,37)25-10-11-29(39-8-2)21(3)15-25/h10-11,15-20,32H,7-9,12-14H2,1-6H3. The minimum atomic E-state index is -4.05. The number of nitrogens with zero attached hydrogens (tertiary/aromatic N) is 2. The maximum atomic E-state index is 13.6. The summed E-state index contributed by atoms with van der Waals surface area (Å²) < 4.78 is 61.5. The molecule has 0 aliphatic carbocycles. The van der Waals surface area contributed by atoms with Gasteiger partial charge in [0.1, 0.15) is 23.0 Å². The molecule has 0 aliphatic rings. The molecule has 4 rings (SSSR count). The number of aryl methyl sites for hydroxylation is 3. The molecule has 0 saturated carbocycles. The summed E-state index contributed by atoms with van der Waals surface area (Å²) in [6, 6.07) is 13.1. The van der Waals surface area contributed by atoms with Crippen LogP contribution in [0.25, 0.3) is 11.0 Å². The molecule has 0 atom stereocenters. The third kappa shape index (κ3) is 7.44. The van der Waals surface area contributed by atoms with Crippen LogP contribution < -0.4 is 29.4 Å². The molecule has 0 radical (unpaired) electrons. The number of ether oxygens (including phenoxy) is 5. The first kappa shape index (κ1) is 31.8. The van der Waals surface area contributed by atoms with E-state index in [-0.39, 0.29) is 22.0 Å². The zero-order valence-corrected chi connectivity index (χ0v) is 26.2. The van der Waals surface area contributed by atoms with Gasteiger partial charge in [0, 0.05) is 58.5 Å². The van der Waals surface area contributed by atoms with Crippen LogP contribution in [-0.4, -0.2) is 51.1 Å². The van der Waals surface area contributed by atoms with E-state index < -0.39 is 10.0 Å². The smallest absolute Gasteiger partial charge is 0.328 e. The van der Waals surface area contributed by atoms with E-state index in [0.29, 0.717) is 72.4 Å². The summed E-state index contributed by atoms with van der Waals surface area (Å²) in [6.07, 6.45) is 1.51. The van der Waals surface area contributed by atoms with Gasteiger partial charge in [-0.2, -0.15) is 0 Å². The molecule has 12 heteroatoms. The Hall–Kier alpha value is -4.16. The van der Waals surface area contributed by atoms with Crippen LogP contribution in [0.3, 0.4) is 0 Å². The topological polar surface area (TPSA) is 119 Å². The summed E-state index contributed by atoms with van der Waals surface area (Å²) >= 11 is 0. The number of sulfonamides is 1. The second-order valence-corrected chi connectivity index (χ2v) is 11.7. The largest absolute Gasteiger partial charge is 0.494 e. The maximum Gasteiger partial charge on any atom is 0.328 e. The van der Waals surface area contributed by atoms with Crippen molar-refractivity contribution in [3.8, 4) is 28.7 Å². The molecule has 0 unspecified atom stereocenters. The number of aromatic nitrogens is 2. The van der Waals surface area contributed by atoms with E-state index in [2.05, 4.69) is 4.72 Å². The molecule has 232 valence electrons. The van der Waals surface area contributed by atoms with Gasteiger partial charge in [-0.25, -0.2) is 13.2 Å². The van der Waals surface area contributed by atoms with Crippen molar-refractivity contribution in [2.45, 2.75) is 38.5 Å². The third-order valence-electron chi connectivity index (χ3n) is 6.69. The first-order valence-corrected chi connectivity index (χ1v) is 15.6. The number of nitrogens with one attached hydrogen (secondary N) is 1. The Bertz CT molecular complexity index is 1740. The van der Waals surface area contributed by atoms with Crippen LogP contribution in [0.15, 0.2) is 58.2 Å². The van der Waals surface area contributed by atoms with Crippen molar-refractivity contribution in [3.63, 3.8) is 0 Å². The Kier molecular flexibility index (Phi) is 10.3. The molecule has 0 aliphatic heterocycles. The second kappa shape index (κ2) is 13.9. The number of hydrogen-bond acceptors (Lipinski definition) is 8. The predicted octanol–water partition coefficient (Wildman–Crippen LogP) is 5.38. The minimum absolute atomic E-state index is 0.0585. The van der Waals surface area contributed by atoms with Crippen molar-refractivity contribution < 1.29 is 32.1 Å². The molecule has 0 amide bonds. The van der Waals surface area contributed by atoms with Gasteiger partial charge in [-0.15, -0.1) is 0 Å². The van der Waals surface area contributed by atoms with E-state index in [9.17, 15) is 13.2 Å². The van der Waals surface area contributed by atoms with Gasteiger partial charge in [0.15, 0.2) is 5.75 Å². The predicted molar refractivity (Wildman–Crippen MR) is 166 cm³/mol. The van der Waals surface area contributed by atoms with Crippen LogP contribution in [0.4, 0.5) is 5.69 Å². The van der Waals surface area contributed by atoms with E-state index in [1.165, 1.54) is 15.2 Å². The van der Waals surface area contributed by atoms with Crippen LogP contribution in [0.2, 0.25) is 0 Å². The fraction of sp³-hybridized carbons (Fsp3) is 0.387. The third-order valence-corrected chi connectivity index (χ3v) is 8.05. The average Bonchev–Trinajstić information content (AvgIpc) is 3.18. The lowest BCUT2D eigenvalue weighted by atomic mass is 10.2. The van der Waals surface area contributed by atoms with Crippen LogP contribution in [-0.2, 0) is 28.9 Å².